The third-order valence-corrected chi connectivity index (χ3v) is 4.19. The second-order valence-electron chi connectivity index (χ2n) is 5.62. The molecule has 0 unspecified atom stereocenters. The molecule has 3 rings (SSSR count). The molecule has 0 amide bonds. The van der Waals surface area contributed by atoms with Crippen molar-refractivity contribution >= 4 is 29.1 Å². The molecule has 6 heteroatoms. The van der Waals surface area contributed by atoms with Gasteiger partial charge in [0.25, 0.3) is 0 Å². The van der Waals surface area contributed by atoms with E-state index < -0.39 is 0 Å². The number of nitrogens with one attached hydrogen (secondary N) is 1. The van der Waals surface area contributed by atoms with Crippen molar-refractivity contribution in [2.75, 3.05) is 47.8 Å². The highest BCUT2D eigenvalue weighted by Crippen LogP contribution is 2.22. The summed E-state index contributed by atoms with van der Waals surface area (Å²) < 4.78 is 0. The SMILES string of the molecule is CCCNc1nccc(N2CCN(c3cccc(Cl)c3)CC2)n1. The van der Waals surface area contributed by atoms with Crippen molar-refractivity contribution in [3.63, 3.8) is 0 Å². The summed E-state index contributed by atoms with van der Waals surface area (Å²) in [7, 11) is 0. The van der Waals surface area contributed by atoms with E-state index in [1.54, 1.807) is 0 Å². The molecule has 1 aliphatic heterocycles. The first kappa shape index (κ1) is 15.9. The fourth-order valence-electron chi connectivity index (χ4n) is 2.71. The Balaban J connectivity index is 1.62. The van der Waals surface area contributed by atoms with Gasteiger partial charge >= 0.3 is 0 Å². The Hall–Kier alpha value is -2.01. The number of piperazine rings is 1. The van der Waals surface area contributed by atoms with Crippen molar-refractivity contribution in [3.8, 4) is 0 Å². The normalized spacial score (nSPS) is 14.9. The van der Waals surface area contributed by atoms with Crippen LogP contribution < -0.4 is 15.1 Å². The van der Waals surface area contributed by atoms with Crippen LogP contribution in [0.1, 0.15) is 13.3 Å². The second-order valence-corrected chi connectivity index (χ2v) is 6.06. The summed E-state index contributed by atoms with van der Waals surface area (Å²) in [6, 6.07) is 10.0. The summed E-state index contributed by atoms with van der Waals surface area (Å²) in [5.74, 6) is 1.70. The summed E-state index contributed by atoms with van der Waals surface area (Å²) in [6.07, 6.45) is 2.88. The molecule has 23 heavy (non-hydrogen) atoms. The number of rotatable bonds is 5. The number of anilines is 3. The van der Waals surface area contributed by atoms with Crippen molar-refractivity contribution in [3.05, 3.63) is 41.6 Å². The molecule has 0 saturated carbocycles. The summed E-state index contributed by atoms with van der Waals surface area (Å²) in [4.78, 5) is 13.5. The molecule has 1 N–H and O–H groups in total. The molecule has 1 aliphatic rings. The number of halogens is 1. The molecule has 2 heterocycles. The van der Waals surface area contributed by atoms with Crippen molar-refractivity contribution in [1.29, 1.82) is 0 Å². The van der Waals surface area contributed by atoms with E-state index in [2.05, 4.69) is 38.1 Å². The molecule has 1 fully saturated rings. The summed E-state index contributed by atoms with van der Waals surface area (Å²) in [6.45, 7) is 6.83. The van der Waals surface area contributed by atoms with Crippen molar-refractivity contribution in [1.82, 2.24) is 9.97 Å². The van der Waals surface area contributed by atoms with E-state index >= 15 is 0 Å². The highest BCUT2D eigenvalue weighted by molar-refractivity contribution is 6.30. The number of hydrogen-bond acceptors (Lipinski definition) is 5. The van der Waals surface area contributed by atoms with Crippen LogP contribution in [-0.4, -0.2) is 42.7 Å². The standard InChI is InChI=1S/C17H22ClN5/c1-2-7-19-17-20-8-6-16(21-17)23-11-9-22(10-12-23)15-5-3-4-14(18)13-15/h3-6,8,13H,2,7,9-12H2,1H3,(H,19,20,21). The van der Waals surface area contributed by atoms with Gasteiger partial charge in [0.15, 0.2) is 0 Å². The van der Waals surface area contributed by atoms with Crippen LogP contribution in [-0.2, 0) is 0 Å². The summed E-state index contributed by atoms with van der Waals surface area (Å²) in [5, 5.41) is 4.03. The summed E-state index contributed by atoms with van der Waals surface area (Å²) in [5.41, 5.74) is 1.19. The first-order valence-electron chi connectivity index (χ1n) is 8.08. The van der Waals surface area contributed by atoms with Gasteiger partial charge in [-0.25, -0.2) is 4.98 Å². The predicted octanol–water partition coefficient (Wildman–Crippen LogP) is 3.28. The van der Waals surface area contributed by atoms with Crippen LogP contribution in [0.15, 0.2) is 36.5 Å². The highest BCUT2D eigenvalue weighted by atomic mass is 35.5. The number of benzene rings is 1. The molecule has 0 spiro atoms. The zero-order chi connectivity index (χ0) is 16.1. The van der Waals surface area contributed by atoms with Crippen LogP contribution in [0, 0.1) is 0 Å². The third-order valence-electron chi connectivity index (χ3n) is 3.95. The second kappa shape index (κ2) is 7.51. The Morgan fingerprint density at radius 1 is 1.13 bits per heavy atom. The maximum Gasteiger partial charge on any atom is 0.224 e. The average Bonchev–Trinajstić information content (AvgIpc) is 2.60. The number of aromatic nitrogens is 2. The molecule has 1 aromatic carbocycles. The Labute approximate surface area is 142 Å². The van der Waals surface area contributed by atoms with Crippen LogP contribution in [0.3, 0.4) is 0 Å². The molecule has 0 radical (unpaired) electrons. The third kappa shape index (κ3) is 4.05. The Kier molecular flexibility index (Phi) is 5.18. The number of hydrogen-bond donors (Lipinski definition) is 1. The summed E-state index contributed by atoms with van der Waals surface area (Å²) >= 11 is 6.09. The Morgan fingerprint density at radius 3 is 2.65 bits per heavy atom. The maximum absolute atomic E-state index is 6.09. The van der Waals surface area contributed by atoms with Gasteiger partial charge in [-0.15, -0.1) is 0 Å². The zero-order valence-electron chi connectivity index (χ0n) is 13.4. The van der Waals surface area contributed by atoms with E-state index in [1.165, 1.54) is 5.69 Å². The van der Waals surface area contributed by atoms with Crippen molar-refractivity contribution in [2.24, 2.45) is 0 Å². The predicted molar refractivity (Wildman–Crippen MR) is 96.7 cm³/mol. The number of nitrogens with zero attached hydrogens (tertiary/aromatic N) is 4. The topological polar surface area (TPSA) is 44.3 Å². The lowest BCUT2D eigenvalue weighted by Crippen LogP contribution is -2.46. The van der Waals surface area contributed by atoms with Gasteiger partial charge in [0, 0.05) is 49.6 Å². The Morgan fingerprint density at radius 2 is 1.91 bits per heavy atom. The van der Waals surface area contributed by atoms with Gasteiger partial charge in [0.05, 0.1) is 0 Å². The van der Waals surface area contributed by atoms with E-state index in [9.17, 15) is 0 Å². The van der Waals surface area contributed by atoms with Gasteiger partial charge in [-0.05, 0) is 30.7 Å². The van der Waals surface area contributed by atoms with Gasteiger partial charge in [0.1, 0.15) is 5.82 Å². The Bertz CT molecular complexity index is 640. The van der Waals surface area contributed by atoms with Gasteiger partial charge in [0.2, 0.25) is 5.95 Å². The fraction of sp³-hybridized carbons (Fsp3) is 0.412. The minimum absolute atomic E-state index is 0.710. The molecule has 0 bridgehead atoms. The van der Waals surface area contributed by atoms with Crippen LogP contribution in [0.25, 0.3) is 0 Å². The molecule has 5 nitrogen and oxygen atoms in total. The first-order valence-corrected chi connectivity index (χ1v) is 8.46. The fourth-order valence-corrected chi connectivity index (χ4v) is 2.90. The lowest BCUT2D eigenvalue weighted by Gasteiger charge is -2.36. The lowest BCUT2D eigenvalue weighted by atomic mass is 10.2. The van der Waals surface area contributed by atoms with Crippen molar-refractivity contribution < 1.29 is 0 Å². The van der Waals surface area contributed by atoms with Crippen LogP contribution in [0.4, 0.5) is 17.5 Å². The zero-order valence-corrected chi connectivity index (χ0v) is 14.1. The average molecular weight is 332 g/mol. The molecule has 1 saturated heterocycles. The van der Waals surface area contributed by atoms with Gasteiger partial charge in [-0.3, -0.25) is 0 Å². The lowest BCUT2D eigenvalue weighted by molar-refractivity contribution is 0.647. The smallest absolute Gasteiger partial charge is 0.224 e. The molecular weight excluding hydrogens is 310 g/mol. The van der Waals surface area contributed by atoms with Crippen LogP contribution in [0.2, 0.25) is 5.02 Å². The molecule has 0 atom stereocenters. The first-order chi connectivity index (χ1) is 11.3. The quantitative estimate of drug-likeness (QED) is 0.911. The van der Waals surface area contributed by atoms with E-state index in [0.717, 1.165) is 50.0 Å². The molecule has 1 aromatic heterocycles. The molecule has 0 aliphatic carbocycles. The van der Waals surface area contributed by atoms with Crippen molar-refractivity contribution in [2.45, 2.75) is 13.3 Å². The van der Waals surface area contributed by atoms with Crippen LogP contribution in [0.5, 0.6) is 0 Å². The van der Waals surface area contributed by atoms with Gasteiger partial charge < -0.3 is 15.1 Å². The van der Waals surface area contributed by atoms with Gasteiger partial charge in [-0.2, -0.15) is 4.98 Å². The van der Waals surface area contributed by atoms with Gasteiger partial charge in [-0.1, -0.05) is 24.6 Å². The van der Waals surface area contributed by atoms with E-state index in [0.29, 0.717) is 5.95 Å². The maximum atomic E-state index is 6.09. The molecule has 122 valence electrons. The van der Waals surface area contributed by atoms with E-state index in [4.69, 9.17) is 11.6 Å². The largest absolute Gasteiger partial charge is 0.368 e. The van der Waals surface area contributed by atoms with E-state index in [-0.39, 0.29) is 0 Å². The van der Waals surface area contributed by atoms with E-state index in [1.807, 2.05) is 30.5 Å². The molecular formula is C17H22ClN5. The van der Waals surface area contributed by atoms with Crippen LogP contribution >= 0.6 is 11.6 Å². The minimum atomic E-state index is 0.710. The monoisotopic (exact) mass is 331 g/mol. The molecule has 2 aromatic rings. The minimum Gasteiger partial charge on any atom is -0.368 e. The highest BCUT2D eigenvalue weighted by Gasteiger charge is 2.18.